The van der Waals surface area contributed by atoms with Gasteiger partial charge in [-0.1, -0.05) is 6.92 Å². The van der Waals surface area contributed by atoms with E-state index in [1.807, 2.05) is 0 Å². The first-order valence-corrected chi connectivity index (χ1v) is 3.18. The van der Waals surface area contributed by atoms with Gasteiger partial charge in [0.15, 0.2) is 0 Å². The topological polar surface area (TPSA) is 81.3 Å². The van der Waals surface area contributed by atoms with Crippen LogP contribution in [0.3, 0.4) is 0 Å². The Labute approximate surface area is 59.7 Å². The summed E-state index contributed by atoms with van der Waals surface area (Å²) >= 11 is 0. The van der Waals surface area contributed by atoms with Gasteiger partial charge in [-0.2, -0.15) is 0 Å². The van der Waals surface area contributed by atoms with Gasteiger partial charge in [0, 0.05) is 0 Å². The molecule has 2 unspecified atom stereocenters. The Morgan fingerprint density at radius 1 is 1.50 bits per heavy atom. The lowest BCUT2D eigenvalue weighted by molar-refractivity contribution is -0.122. The minimum Gasteiger partial charge on any atom is -0.390 e. The lowest BCUT2D eigenvalue weighted by atomic mass is 10.1. The van der Waals surface area contributed by atoms with Crippen LogP contribution in [0.15, 0.2) is 0 Å². The van der Waals surface area contributed by atoms with Gasteiger partial charge in [0.2, 0.25) is 5.91 Å². The molecule has 2 atom stereocenters. The second-order valence-electron chi connectivity index (χ2n) is 2.17. The Hall–Kier alpha value is -0.610. The van der Waals surface area contributed by atoms with E-state index in [-0.39, 0.29) is 6.42 Å². The van der Waals surface area contributed by atoms with Crippen molar-refractivity contribution < 1.29 is 15.0 Å². The van der Waals surface area contributed by atoms with Crippen molar-refractivity contribution in [3.63, 3.8) is 0 Å². The molecule has 0 aromatic carbocycles. The molecule has 1 amide bonds. The second kappa shape index (κ2) is 4.24. The third kappa shape index (κ3) is 3.42. The smallest absolute Gasteiger partial charge is 0.241 e. The van der Waals surface area contributed by atoms with E-state index in [2.05, 4.69) is 0 Å². The number of nitrogens with one attached hydrogen (secondary N) is 1. The second-order valence-corrected chi connectivity index (χ2v) is 2.17. The minimum atomic E-state index is -1.07. The van der Waals surface area contributed by atoms with Gasteiger partial charge in [-0.15, -0.1) is 0 Å². The zero-order valence-electron chi connectivity index (χ0n) is 5.87. The molecule has 4 nitrogen and oxygen atoms in total. The van der Waals surface area contributed by atoms with E-state index >= 15 is 0 Å². The van der Waals surface area contributed by atoms with Crippen LogP contribution in [0.1, 0.15) is 19.8 Å². The SMILES string of the molecule is CCC(O)C(O)CC([NH])=O. The quantitative estimate of drug-likeness (QED) is 0.551. The maximum Gasteiger partial charge on any atom is 0.241 e. The summed E-state index contributed by atoms with van der Waals surface area (Å²) in [6.45, 7) is 1.70. The summed E-state index contributed by atoms with van der Waals surface area (Å²) in [7, 11) is 0. The van der Waals surface area contributed by atoms with Crippen molar-refractivity contribution in [2.45, 2.75) is 32.0 Å². The Balaban J connectivity index is 3.61. The number of carbonyl (C=O) groups excluding carboxylic acids is 1. The van der Waals surface area contributed by atoms with Gasteiger partial charge < -0.3 is 10.2 Å². The molecule has 59 valence electrons. The number of hydrogen-bond donors (Lipinski definition) is 2. The van der Waals surface area contributed by atoms with Crippen molar-refractivity contribution in [3.05, 3.63) is 0 Å². The molecule has 0 aliphatic rings. The lowest BCUT2D eigenvalue weighted by Crippen LogP contribution is -2.27. The van der Waals surface area contributed by atoms with E-state index in [4.69, 9.17) is 15.9 Å². The Kier molecular flexibility index (Phi) is 3.99. The molecule has 0 aromatic heterocycles. The molecular weight excluding hydrogens is 134 g/mol. The fourth-order valence-electron chi connectivity index (χ4n) is 0.598. The maximum atomic E-state index is 10.1. The number of aliphatic hydroxyl groups is 2. The van der Waals surface area contributed by atoms with Crippen LogP contribution in [0.5, 0.6) is 0 Å². The molecule has 0 aliphatic heterocycles. The van der Waals surface area contributed by atoms with Gasteiger partial charge in [-0.3, -0.25) is 10.5 Å². The summed E-state index contributed by atoms with van der Waals surface area (Å²) < 4.78 is 0. The molecule has 0 aliphatic carbocycles. The molecule has 4 heteroatoms. The minimum absolute atomic E-state index is 0.283. The molecule has 10 heavy (non-hydrogen) atoms. The van der Waals surface area contributed by atoms with E-state index in [1.54, 1.807) is 6.92 Å². The fourth-order valence-corrected chi connectivity index (χ4v) is 0.598. The summed E-state index contributed by atoms with van der Waals surface area (Å²) in [5.74, 6) is -0.847. The van der Waals surface area contributed by atoms with Crippen molar-refractivity contribution in [1.82, 2.24) is 5.73 Å². The highest BCUT2D eigenvalue weighted by Gasteiger charge is 2.16. The number of aliphatic hydroxyl groups excluding tert-OH is 2. The lowest BCUT2D eigenvalue weighted by Gasteiger charge is -2.12. The molecule has 0 bridgehead atoms. The Morgan fingerprint density at radius 3 is 2.30 bits per heavy atom. The van der Waals surface area contributed by atoms with E-state index in [0.717, 1.165) is 0 Å². The third-order valence-electron chi connectivity index (χ3n) is 1.26. The summed E-state index contributed by atoms with van der Waals surface area (Å²) in [6.07, 6.45) is -1.84. The molecule has 3 N–H and O–H groups in total. The van der Waals surface area contributed by atoms with E-state index in [1.165, 1.54) is 0 Å². The molecule has 0 heterocycles. The average molecular weight is 146 g/mol. The third-order valence-corrected chi connectivity index (χ3v) is 1.26. The number of rotatable bonds is 4. The van der Waals surface area contributed by atoms with Gasteiger partial charge in [0.05, 0.1) is 18.6 Å². The van der Waals surface area contributed by atoms with Gasteiger partial charge in [0.25, 0.3) is 0 Å². The van der Waals surface area contributed by atoms with Crippen LogP contribution >= 0.6 is 0 Å². The van der Waals surface area contributed by atoms with Crippen molar-refractivity contribution in [2.75, 3.05) is 0 Å². The Bertz CT molecular complexity index is 116. The van der Waals surface area contributed by atoms with Crippen molar-refractivity contribution >= 4 is 5.91 Å². The highest BCUT2D eigenvalue weighted by Crippen LogP contribution is 2.01. The van der Waals surface area contributed by atoms with Crippen LogP contribution in [0.25, 0.3) is 0 Å². The van der Waals surface area contributed by atoms with Gasteiger partial charge in [-0.25, -0.2) is 0 Å². The molecule has 0 saturated carbocycles. The van der Waals surface area contributed by atoms with E-state index in [0.29, 0.717) is 6.42 Å². The van der Waals surface area contributed by atoms with Crippen molar-refractivity contribution in [1.29, 1.82) is 0 Å². The van der Waals surface area contributed by atoms with Crippen LogP contribution in [0, 0.1) is 0 Å². The molecule has 0 spiro atoms. The van der Waals surface area contributed by atoms with Crippen LogP contribution in [0.4, 0.5) is 0 Å². The molecular formula is C6H12NO3. The monoisotopic (exact) mass is 146 g/mol. The zero-order valence-corrected chi connectivity index (χ0v) is 5.87. The summed E-state index contributed by atoms with van der Waals surface area (Å²) in [4.78, 5) is 10.1. The van der Waals surface area contributed by atoms with Crippen LogP contribution in [-0.4, -0.2) is 28.3 Å². The fraction of sp³-hybridized carbons (Fsp3) is 0.833. The molecule has 1 radical (unpaired) electrons. The Morgan fingerprint density at radius 2 is 2.00 bits per heavy atom. The number of amides is 1. The predicted molar refractivity (Wildman–Crippen MR) is 35.0 cm³/mol. The first-order valence-electron chi connectivity index (χ1n) is 3.18. The highest BCUT2D eigenvalue weighted by molar-refractivity contribution is 5.73. The molecule has 0 aromatic rings. The van der Waals surface area contributed by atoms with Crippen molar-refractivity contribution in [2.24, 2.45) is 0 Å². The van der Waals surface area contributed by atoms with Crippen molar-refractivity contribution in [3.8, 4) is 0 Å². The largest absolute Gasteiger partial charge is 0.390 e. The van der Waals surface area contributed by atoms with Crippen LogP contribution in [0.2, 0.25) is 0 Å². The normalized spacial score (nSPS) is 16.3. The van der Waals surface area contributed by atoms with Gasteiger partial charge in [-0.05, 0) is 6.42 Å². The summed E-state index contributed by atoms with van der Waals surface area (Å²) in [6, 6.07) is 0. The molecule has 0 fully saturated rings. The zero-order chi connectivity index (χ0) is 8.15. The molecule has 0 rings (SSSR count). The number of carbonyl (C=O) groups is 1. The predicted octanol–water partition coefficient (Wildman–Crippen LogP) is -0.682. The standard InChI is InChI=1S/C6H12NO3/c1-2-4(8)5(9)3-6(7)10/h4-5,7-9H,2-3H2,1H3. The van der Waals surface area contributed by atoms with Gasteiger partial charge >= 0.3 is 0 Å². The molecule has 0 saturated heterocycles. The van der Waals surface area contributed by atoms with Gasteiger partial charge in [0.1, 0.15) is 0 Å². The summed E-state index contributed by atoms with van der Waals surface area (Å²) in [5.41, 5.74) is 6.47. The first kappa shape index (κ1) is 9.39. The number of hydrogen-bond acceptors (Lipinski definition) is 3. The first-order chi connectivity index (χ1) is 4.57. The highest BCUT2D eigenvalue weighted by atomic mass is 16.3. The van der Waals surface area contributed by atoms with Crippen LogP contribution < -0.4 is 5.73 Å². The maximum absolute atomic E-state index is 10.1. The summed E-state index contributed by atoms with van der Waals surface area (Å²) in [5, 5.41) is 17.8. The van der Waals surface area contributed by atoms with E-state index < -0.39 is 18.1 Å². The van der Waals surface area contributed by atoms with E-state index in [9.17, 15) is 4.79 Å². The van der Waals surface area contributed by atoms with Crippen LogP contribution in [-0.2, 0) is 4.79 Å². The average Bonchev–Trinajstić information content (AvgIpc) is 1.85.